The normalized spacial score (nSPS) is 22.0. The summed E-state index contributed by atoms with van der Waals surface area (Å²) in [7, 11) is 0. The smallest absolute Gasteiger partial charge is 0.250 e. The lowest BCUT2D eigenvalue weighted by Gasteiger charge is -2.29. The van der Waals surface area contributed by atoms with Crippen molar-refractivity contribution in [3.8, 4) is 11.5 Å². The molecule has 4 rings (SSSR count). The molecule has 0 bridgehead atoms. The second-order valence-electron chi connectivity index (χ2n) is 7.87. The fourth-order valence-corrected chi connectivity index (χ4v) is 3.64. The predicted molar refractivity (Wildman–Crippen MR) is 100 cm³/mol. The summed E-state index contributed by atoms with van der Waals surface area (Å²) in [6.45, 7) is 6.26. The van der Waals surface area contributed by atoms with E-state index in [0.717, 1.165) is 11.1 Å². The Labute approximate surface area is 157 Å². The monoisotopic (exact) mass is 372 g/mol. The summed E-state index contributed by atoms with van der Waals surface area (Å²) in [6.07, 6.45) is 0.000717. The van der Waals surface area contributed by atoms with Crippen molar-refractivity contribution in [1.29, 1.82) is 0 Å². The number of hydrazine groups is 1. The van der Waals surface area contributed by atoms with Gasteiger partial charge in [-0.1, -0.05) is 44.5 Å². The van der Waals surface area contributed by atoms with Crippen LogP contribution in [0.25, 0.3) is 0 Å². The average Bonchev–Trinajstić information content (AvgIpc) is 2.89. The van der Waals surface area contributed by atoms with Gasteiger partial charge in [-0.25, -0.2) is 5.01 Å². The maximum atomic E-state index is 12.9. The molecule has 1 amide bonds. The quantitative estimate of drug-likeness (QED) is 0.799. The molecule has 6 heteroatoms. The second kappa shape index (κ2) is 5.89. The van der Waals surface area contributed by atoms with Crippen LogP contribution in [0.4, 0.5) is 5.69 Å². The first-order valence-corrected chi connectivity index (χ1v) is 9.00. The molecule has 0 radical (unpaired) electrons. The molecule has 2 heterocycles. The van der Waals surface area contributed by atoms with Crippen molar-refractivity contribution in [2.24, 2.45) is 5.92 Å². The van der Waals surface area contributed by atoms with Crippen molar-refractivity contribution < 1.29 is 14.6 Å². The van der Waals surface area contributed by atoms with E-state index in [4.69, 9.17) is 16.3 Å². The van der Waals surface area contributed by atoms with Crippen molar-refractivity contribution in [3.63, 3.8) is 0 Å². The summed E-state index contributed by atoms with van der Waals surface area (Å²) in [4.78, 5) is 12.9. The van der Waals surface area contributed by atoms with Crippen molar-refractivity contribution in [2.75, 3.05) is 5.01 Å². The minimum absolute atomic E-state index is 0.0661. The zero-order valence-corrected chi connectivity index (χ0v) is 15.7. The zero-order valence-electron chi connectivity index (χ0n) is 14.9. The van der Waals surface area contributed by atoms with Crippen LogP contribution in [0.2, 0.25) is 5.02 Å². The summed E-state index contributed by atoms with van der Waals surface area (Å²) in [5.74, 6) is 0.147. The first-order chi connectivity index (χ1) is 12.2. The number of phenolic OH excluding ortho intramolecular Hbond substituents is 1. The summed E-state index contributed by atoms with van der Waals surface area (Å²) >= 11 is 6.05. The number of nitrogens with one attached hydrogen (secondary N) is 1. The highest BCUT2D eigenvalue weighted by Gasteiger charge is 2.46. The Morgan fingerprint density at radius 3 is 2.73 bits per heavy atom. The summed E-state index contributed by atoms with van der Waals surface area (Å²) in [5, 5.41) is 12.5. The number of amides is 1. The Morgan fingerprint density at radius 2 is 2.04 bits per heavy atom. The van der Waals surface area contributed by atoms with Crippen molar-refractivity contribution in [3.05, 3.63) is 52.5 Å². The third kappa shape index (κ3) is 2.81. The molecule has 2 unspecified atom stereocenters. The van der Waals surface area contributed by atoms with Gasteiger partial charge in [-0.05, 0) is 47.2 Å². The average molecular weight is 373 g/mol. The van der Waals surface area contributed by atoms with Gasteiger partial charge in [0.25, 0.3) is 0 Å². The Kier molecular flexibility index (Phi) is 3.90. The van der Waals surface area contributed by atoms with E-state index in [1.54, 1.807) is 24.3 Å². The second-order valence-corrected chi connectivity index (χ2v) is 8.30. The molecule has 2 aliphatic rings. The maximum absolute atomic E-state index is 12.9. The van der Waals surface area contributed by atoms with Gasteiger partial charge in [0.1, 0.15) is 0 Å². The van der Waals surface area contributed by atoms with Gasteiger partial charge in [-0.15, -0.1) is 0 Å². The van der Waals surface area contributed by atoms with Crippen LogP contribution in [-0.4, -0.2) is 17.2 Å². The largest absolute Gasteiger partial charge is 0.504 e. The molecule has 2 aromatic rings. The molecule has 26 heavy (non-hydrogen) atoms. The molecular formula is C20H21ClN2O3. The van der Waals surface area contributed by atoms with E-state index in [0.29, 0.717) is 22.9 Å². The Morgan fingerprint density at radius 1 is 1.27 bits per heavy atom. The first kappa shape index (κ1) is 17.2. The minimum Gasteiger partial charge on any atom is -0.504 e. The molecule has 2 atom stereocenters. The summed E-state index contributed by atoms with van der Waals surface area (Å²) < 4.78 is 5.95. The lowest BCUT2D eigenvalue weighted by Crippen LogP contribution is -2.41. The molecular weight excluding hydrogens is 352 g/mol. The lowest BCUT2D eigenvalue weighted by atomic mass is 9.83. The van der Waals surface area contributed by atoms with Crippen LogP contribution in [0.5, 0.6) is 11.5 Å². The fourth-order valence-electron chi connectivity index (χ4n) is 3.45. The number of fused-ring (bicyclic) bond motifs is 2. The van der Waals surface area contributed by atoms with Crippen LogP contribution >= 0.6 is 11.6 Å². The number of ether oxygens (including phenoxy) is 1. The Bertz CT molecular complexity index is 891. The van der Waals surface area contributed by atoms with Gasteiger partial charge < -0.3 is 9.84 Å². The van der Waals surface area contributed by atoms with E-state index in [9.17, 15) is 9.90 Å². The minimum atomic E-state index is -0.514. The number of benzene rings is 2. The molecule has 136 valence electrons. The van der Waals surface area contributed by atoms with Crippen LogP contribution < -0.4 is 15.2 Å². The van der Waals surface area contributed by atoms with E-state index in [1.165, 1.54) is 5.01 Å². The highest BCUT2D eigenvalue weighted by molar-refractivity contribution is 6.30. The van der Waals surface area contributed by atoms with Crippen LogP contribution in [0.1, 0.15) is 31.9 Å². The van der Waals surface area contributed by atoms with Gasteiger partial charge in [-0.2, -0.15) is 5.43 Å². The number of aromatic hydroxyl groups is 1. The van der Waals surface area contributed by atoms with E-state index in [-0.39, 0.29) is 23.0 Å². The van der Waals surface area contributed by atoms with Crippen molar-refractivity contribution >= 4 is 23.2 Å². The van der Waals surface area contributed by atoms with Crippen LogP contribution in [0, 0.1) is 5.92 Å². The van der Waals surface area contributed by atoms with E-state index in [1.807, 2.05) is 12.1 Å². The van der Waals surface area contributed by atoms with Gasteiger partial charge in [0, 0.05) is 5.02 Å². The van der Waals surface area contributed by atoms with Crippen molar-refractivity contribution in [1.82, 2.24) is 5.43 Å². The molecule has 0 saturated carbocycles. The topological polar surface area (TPSA) is 61.8 Å². The number of carbonyl (C=O) groups excluding carboxylic acids is 1. The maximum Gasteiger partial charge on any atom is 0.250 e. The third-order valence-corrected chi connectivity index (χ3v) is 5.16. The van der Waals surface area contributed by atoms with Gasteiger partial charge in [0.15, 0.2) is 17.7 Å². The van der Waals surface area contributed by atoms with Gasteiger partial charge in [-0.3, -0.25) is 4.79 Å². The molecule has 0 aromatic heterocycles. The molecule has 2 N–H and O–H groups in total. The van der Waals surface area contributed by atoms with E-state index < -0.39 is 6.23 Å². The zero-order chi connectivity index (χ0) is 18.6. The molecule has 5 nitrogen and oxygen atoms in total. The van der Waals surface area contributed by atoms with Crippen LogP contribution in [-0.2, 0) is 16.6 Å². The number of rotatable bonds is 1. The standard InChI is InChI=1S/C20H21ClN2O3/c1-20(2,3)12-7-11-8-15-18(26-17(11)16(24)9-12)22-23(19(15)25)14-6-4-5-13(21)10-14/h4-7,9-10,15,18,22,24H,8H2,1-3H3. The predicted octanol–water partition coefficient (Wildman–Crippen LogP) is 3.77. The molecule has 2 aliphatic heterocycles. The number of hydrogen-bond acceptors (Lipinski definition) is 4. The van der Waals surface area contributed by atoms with E-state index >= 15 is 0 Å². The highest BCUT2D eigenvalue weighted by Crippen LogP contribution is 2.43. The Hall–Kier alpha value is -2.24. The van der Waals surface area contributed by atoms with Crippen molar-refractivity contribution in [2.45, 2.75) is 38.8 Å². The number of nitrogens with zero attached hydrogens (tertiary/aromatic N) is 1. The molecule has 0 spiro atoms. The lowest BCUT2D eigenvalue weighted by molar-refractivity contribution is -0.121. The molecule has 1 saturated heterocycles. The van der Waals surface area contributed by atoms with E-state index in [2.05, 4.69) is 26.2 Å². The fraction of sp³-hybridized carbons (Fsp3) is 0.350. The first-order valence-electron chi connectivity index (χ1n) is 8.63. The Balaban J connectivity index is 1.67. The highest BCUT2D eigenvalue weighted by atomic mass is 35.5. The third-order valence-electron chi connectivity index (χ3n) is 4.92. The number of carbonyl (C=O) groups is 1. The number of anilines is 1. The number of phenols is 1. The summed E-state index contributed by atoms with van der Waals surface area (Å²) in [5.41, 5.74) is 5.53. The van der Waals surface area contributed by atoms with Gasteiger partial charge >= 0.3 is 0 Å². The number of halogens is 1. The number of hydrogen-bond donors (Lipinski definition) is 2. The molecule has 1 fully saturated rings. The van der Waals surface area contributed by atoms with Gasteiger partial charge in [0.05, 0.1) is 11.6 Å². The SMILES string of the molecule is CC(C)(C)c1cc(O)c2c(c1)CC1C(=O)N(c3cccc(Cl)c3)NC1O2. The molecule has 2 aromatic carbocycles. The van der Waals surface area contributed by atoms with Gasteiger partial charge in [0.2, 0.25) is 5.91 Å². The van der Waals surface area contributed by atoms with Crippen LogP contribution in [0.15, 0.2) is 36.4 Å². The molecule has 0 aliphatic carbocycles. The van der Waals surface area contributed by atoms with Crippen LogP contribution in [0.3, 0.4) is 0 Å². The summed E-state index contributed by atoms with van der Waals surface area (Å²) in [6, 6.07) is 10.9.